The van der Waals surface area contributed by atoms with Gasteiger partial charge in [0.1, 0.15) is 0 Å². The van der Waals surface area contributed by atoms with E-state index in [0.717, 1.165) is 30.9 Å². The summed E-state index contributed by atoms with van der Waals surface area (Å²) in [7, 11) is 0. The first-order valence-corrected chi connectivity index (χ1v) is 6.40. The molecular formula is C13H27N3. The monoisotopic (exact) mass is 225 g/mol. The number of hydrogen-bond acceptors (Lipinski definition) is 1. The maximum atomic E-state index is 6.03. The number of nitrogens with two attached hydrogens (primary N) is 1. The molecule has 0 atom stereocenters. The predicted molar refractivity (Wildman–Crippen MR) is 70.5 cm³/mol. The number of nitrogens with zero attached hydrogens (tertiary/aromatic N) is 2. The molecule has 0 saturated carbocycles. The van der Waals surface area contributed by atoms with E-state index in [9.17, 15) is 0 Å². The van der Waals surface area contributed by atoms with Gasteiger partial charge < -0.3 is 10.6 Å². The van der Waals surface area contributed by atoms with Crippen molar-refractivity contribution in [3.63, 3.8) is 0 Å². The molecule has 0 aromatic carbocycles. The number of likely N-dealkylation sites (tertiary alicyclic amines) is 1. The first kappa shape index (κ1) is 13.3. The standard InChI is InChI=1S/C13H27N3/c1-10(2)11-6-8-16(9-7-11)12(14)15-13(3,4)5/h10-11H,6-9H2,1-5H3,(H2,14,15). The van der Waals surface area contributed by atoms with Crippen LogP contribution in [0.3, 0.4) is 0 Å². The van der Waals surface area contributed by atoms with Gasteiger partial charge >= 0.3 is 0 Å². The van der Waals surface area contributed by atoms with Crippen LogP contribution in [-0.4, -0.2) is 29.5 Å². The Morgan fingerprint density at radius 3 is 2.12 bits per heavy atom. The predicted octanol–water partition coefficient (Wildman–Crippen LogP) is 2.47. The van der Waals surface area contributed by atoms with Crippen molar-refractivity contribution in [1.82, 2.24) is 4.90 Å². The van der Waals surface area contributed by atoms with Gasteiger partial charge in [-0.2, -0.15) is 0 Å². The quantitative estimate of drug-likeness (QED) is 0.550. The third-order valence-corrected chi connectivity index (χ3v) is 3.26. The third kappa shape index (κ3) is 4.03. The Bertz CT molecular complexity index is 242. The van der Waals surface area contributed by atoms with E-state index in [1.54, 1.807) is 0 Å². The van der Waals surface area contributed by atoms with Crippen LogP contribution in [0.1, 0.15) is 47.5 Å². The molecule has 2 N–H and O–H groups in total. The maximum Gasteiger partial charge on any atom is 0.191 e. The zero-order valence-electron chi connectivity index (χ0n) is 11.5. The van der Waals surface area contributed by atoms with Crippen LogP contribution in [0.25, 0.3) is 0 Å². The normalized spacial score (nSPS) is 20.6. The zero-order chi connectivity index (χ0) is 12.3. The summed E-state index contributed by atoms with van der Waals surface area (Å²) in [5.41, 5.74) is 5.96. The van der Waals surface area contributed by atoms with Gasteiger partial charge in [-0.3, -0.25) is 0 Å². The summed E-state index contributed by atoms with van der Waals surface area (Å²) in [5, 5.41) is 0. The molecule has 0 aliphatic carbocycles. The van der Waals surface area contributed by atoms with Gasteiger partial charge in [0.25, 0.3) is 0 Å². The number of hydrogen-bond donors (Lipinski definition) is 1. The number of piperidine rings is 1. The van der Waals surface area contributed by atoms with Crippen LogP contribution in [0.15, 0.2) is 4.99 Å². The Morgan fingerprint density at radius 1 is 1.25 bits per heavy atom. The summed E-state index contributed by atoms with van der Waals surface area (Å²) < 4.78 is 0. The van der Waals surface area contributed by atoms with E-state index in [1.807, 2.05) is 0 Å². The van der Waals surface area contributed by atoms with Crippen molar-refractivity contribution >= 4 is 5.96 Å². The van der Waals surface area contributed by atoms with Crippen molar-refractivity contribution < 1.29 is 0 Å². The first-order chi connectivity index (χ1) is 7.29. The number of rotatable bonds is 1. The maximum absolute atomic E-state index is 6.03. The lowest BCUT2D eigenvalue weighted by molar-refractivity contribution is 0.217. The van der Waals surface area contributed by atoms with E-state index in [-0.39, 0.29) is 5.54 Å². The summed E-state index contributed by atoms with van der Waals surface area (Å²) in [5.74, 6) is 2.37. The minimum atomic E-state index is -0.0705. The van der Waals surface area contributed by atoms with Gasteiger partial charge in [-0.1, -0.05) is 13.8 Å². The highest BCUT2D eigenvalue weighted by Crippen LogP contribution is 2.24. The van der Waals surface area contributed by atoms with Crippen LogP contribution < -0.4 is 5.73 Å². The van der Waals surface area contributed by atoms with Crippen LogP contribution in [-0.2, 0) is 0 Å². The van der Waals surface area contributed by atoms with E-state index < -0.39 is 0 Å². The Labute approximate surface area is 100 Å². The van der Waals surface area contributed by atoms with Crippen LogP contribution in [0, 0.1) is 11.8 Å². The lowest BCUT2D eigenvalue weighted by Gasteiger charge is -2.35. The second kappa shape index (κ2) is 5.07. The summed E-state index contributed by atoms with van der Waals surface area (Å²) in [4.78, 5) is 6.75. The summed E-state index contributed by atoms with van der Waals surface area (Å²) in [6, 6.07) is 0. The molecule has 3 heteroatoms. The Hall–Kier alpha value is -0.730. The van der Waals surface area contributed by atoms with Crippen LogP contribution >= 0.6 is 0 Å². The van der Waals surface area contributed by atoms with Crippen LogP contribution in [0.5, 0.6) is 0 Å². The lowest BCUT2D eigenvalue weighted by atomic mass is 9.87. The Balaban J connectivity index is 2.51. The van der Waals surface area contributed by atoms with Crippen molar-refractivity contribution in [1.29, 1.82) is 0 Å². The van der Waals surface area contributed by atoms with Crippen molar-refractivity contribution in [2.45, 2.75) is 53.0 Å². The van der Waals surface area contributed by atoms with Gasteiger partial charge in [-0.15, -0.1) is 0 Å². The first-order valence-electron chi connectivity index (χ1n) is 6.40. The average Bonchev–Trinajstić information content (AvgIpc) is 2.15. The van der Waals surface area contributed by atoms with Gasteiger partial charge in [-0.05, 0) is 45.4 Å². The second-order valence-corrected chi connectivity index (χ2v) is 6.21. The highest BCUT2D eigenvalue weighted by Gasteiger charge is 2.23. The molecule has 0 bridgehead atoms. The minimum absolute atomic E-state index is 0.0705. The molecule has 3 nitrogen and oxygen atoms in total. The summed E-state index contributed by atoms with van der Waals surface area (Å²) >= 11 is 0. The molecule has 0 aromatic heterocycles. The molecule has 1 aliphatic rings. The van der Waals surface area contributed by atoms with Crippen molar-refractivity contribution in [2.24, 2.45) is 22.6 Å². The molecule has 0 aromatic rings. The fourth-order valence-corrected chi connectivity index (χ4v) is 2.21. The highest BCUT2D eigenvalue weighted by molar-refractivity contribution is 5.78. The molecule has 1 heterocycles. The number of aliphatic imine (C=N–C) groups is 1. The largest absolute Gasteiger partial charge is 0.370 e. The fourth-order valence-electron chi connectivity index (χ4n) is 2.21. The van der Waals surface area contributed by atoms with Gasteiger partial charge in [0.15, 0.2) is 5.96 Å². The number of guanidine groups is 1. The fraction of sp³-hybridized carbons (Fsp3) is 0.923. The van der Waals surface area contributed by atoms with Crippen molar-refractivity contribution in [3.8, 4) is 0 Å². The third-order valence-electron chi connectivity index (χ3n) is 3.26. The molecule has 0 unspecified atom stereocenters. The molecule has 0 amide bonds. The molecule has 0 radical (unpaired) electrons. The zero-order valence-corrected chi connectivity index (χ0v) is 11.5. The highest BCUT2D eigenvalue weighted by atomic mass is 15.3. The second-order valence-electron chi connectivity index (χ2n) is 6.21. The van der Waals surface area contributed by atoms with Crippen LogP contribution in [0.4, 0.5) is 0 Å². The molecule has 94 valence electrons. The topological polar surface area (TPSA) is 41.6 Å². The molecule has 1 saturated heterocycles. The Morgan fingerprint density at radius 2 is 1.75 bits per heavy atom. The van der Waals surface area contributed by atoms with E-state index in [0.29, 0.717) is 0 Å². The lowest BCUT2D eigenvalue weighted by Crippen LogP contribution is -2.44. The van der Waals surface area contributed by atoms with E-state index in [4.69, 9.17) is 5.73 Å². The molecule has 16 heavy (non-hydrogen) atoms. The summed E-state index contributed by atoms with van der Waals surface area (Å²) in [6.45, 7) is 13.0. The molecular weight excluding hydrogens is 198 g/mol. The molecule has 0 spiro atoms. The van der Waals surface area contributed by atoms with Gasteiger partial charge in [-0.25, -0.2) is 4.99 Å². The summed E-state index contributed by atoms with van der Waals surface area (Å²) in [6.07, 6.45) is 2.50. The van der Waals surface area contributed by atoms with Crippen molar-refractivity contribution in [2.75, 3.05) is 13.1 Å². The van der Waals surface area contributed by atoms with Gasteiger partial charge in [0, 0.05) is 13.1 Å². The Kier molecular flexibility index (Phi) is 4.22. The van der Waals surface area contributed by atoms with Crippen LogP contribution in [0.2, 0.25) is 0 Å². The molecule has 1 aliphatic heterocycles. The smallest absolute Gasteiger partial charge is 0.191 e. The molecule has 1 fully saturated rings. The minimum Gasteiger partial charge on any atom is -0.370 e. The van der Waals surface area contributed by atoms with E-state index in [1.165, 1.54) is 12.8 Å². The SMILES string of the molecule is CC(C)C1CCN(C(N)=NC(C)(C)C)CC1. The van der Waals surface area contributed by atoms with E-state index in [2.05, 4.69) is 44.5 Å². The van der Waals surface area contributed by atoms with Gasteiger partial charge in [0.05, 0.1) is 5.54 Å². The molecule has 1 rings (SSSR count). The van der Waals surface area contributed by atoms with Gasteiger partial charge in [0.2, 0.25) is 0 Å². The van der Waals surface area contributed by atoms with E-state index >= 15 is 0 Å². The average molecular weight is 225 g/mol. The van der Waals surface area contributed by atoms with Crippen molar-refractivity contribution in [3.05, 3.63) is 0 Å².